The van der Waals surface area contributed by atoms with Crippen LogP contribution in [0.25, 0.3) is 10.9 Å². The zero-order valence-electron chi connectivity index (χ0n) is 11.7. The van der Waals surface area contributed by atoms with Crippen LogP contribution >= 0.6 is 0 Å². The van der Waals surface area contributed by atoms with E-state index in [9.17, 15) is 0 Å². The zero-order chi connectivity index (χ0) is 13.3. The molecule has 0 saturated heterocycles. The Bertz CT molecular complexity index is 556. The van der Waals surface area contributed by atoms with Crippen LogP contribution in [0.15, 0.2) is 30.3 Å². The van der Waals surface area contributed by atoms with E-state index in [2.05, 4.69) is 58.0 Å². The molecule has 0 spiro atoms. The molecule has 0 saturated carbocycles. The van der Waals surface area contributed by atoms with Crippen LogP contribution in [0.1, 0.15) is 44.9 Å². The third-order valence-corrected chi connectivity index (χ3v) is 3.58. The maximum atomic E-state index is 5.81. The molecule has 18 heavy (non-hydrogen) atoms. The van der Waals surface area contributed by atoms with Crippen molar-refractivity contribution in [3.63, 3.8) is 0 Å². The second-order valence-electron chi connectivity index (χ2n) is 5.89. The number of hydrogen-bond acceptors (Lipinski definition) is 2. The summed E-state index contributed by atoms with van der Waals surface area (Å²) >= 11 is 0. The maximum Gasteiger partial charge on any atom is 0.0705 e. The van der Waals surface area contributed by atoms with Crippen molar-refractivity contribution in [3.8, 4) is 0 Å². The molecule has 0 radical (unpaired) electrons. The van der Waals surface area contributed by atoms with E-state index >= 15 is 0 Å². The van der Waals surface area contributed by atoms with Crippen molar-refractivity contribution in [2.45, 2.75) is 39.0 Å². The Kier molecular flexibility index (Phi) is 3.40. The molecule has 0 amide bonds. The van der Waals surface area contributed by atoms with Gasteiger partial charge in [-0.15, -0.1) is 0 Å². The van der Waals surface area contributed by atoms with Gasteiger partial charge < -0.3 is 5.73 Å². The molecule has 0 aliphatic rings. The summed E-state index contributed by atoms with van der Waals surface area (Å²) in [7, 11) is 0. The molecule has 2 N–H and O–H groups in total. The molecular formula is C16H22N2. The van der Waals surface area contributed by atoms with Gasteiger partial charge in [-0.3, -0.25) is 4.98 Å². The molecule has 2 rings (SSSR count). The average molecular weight is 242 g/mol. The van der Waals surface area contributed by atoms with Gasteiger partial charge in [0.2, 0.25) is 0 Å². The molecule has 0 aliphatic carbocycles. The summed E-state index contributed by atoms with van der Waals surface area (Å²) in [4.78, 5) is 4.74. The van der Waals surface area contributed by atoms with Gasteiger partial charge in [0, 0.05) is 23.0 Å². The summed E-state index contributed by atoms with van der Waals surface area (Å²) in [5, 5.41) is 1.21. The van der Waals surface area contributed by atoms with Gasteiger partial charge >= 0.3 is 0 Å². The molecule has 1 aromatic heterocycles. The average Bonchev–Trinajstić information content (AvgIpc) is 2.37. The Morgan fingerprint density at radius 2 is 1.89 bits per heavy atom. The monoisotopic (exact) mass is 242 g/mol. The fourth-order valence-corrected chi connectivity index (χ4v) is 1.98. The quantitative estimate of drug-likeness (QED) is 0.893. The van der Waals surface area contributed by atoms with E-state index in [0.29, 0.717) is 12.5 Å². The summed E-state index contributed by atoms with van der Waals surface area (Å²) in [5.41, 5.74) is 9.22. The maximum absolute atomic E-state index is 5.81. The normalized spacial score (nSPS) is 12.3. The van der Waals surface area contributed by atoms with E-state index in [1.165, 1.54) is 10.9 Å². The van der Waals surface area contributed by atoms with Gasteiger partial charge in [-0.25, -0.2) is 0 Å². The predicted molar refractivity (Wildman–Crippen MR) is 77.9 cm³/mol. The Morgan fingerprint density at radius 3 is 2.50 bits per heavy atom. The lowest BCUT2D eigenvalue weighted by atomic mass is 9.88. The highest BCUT2D eigenvalue weighted by molar-refractivity contribution is 5.79. The van der Waals surface area contributed by atoms with E-state index in [-0.39, 0.29) is 5.41 Å². The first-order valence-electron chi connectivity index (χ1n) is 6.55. The molecule has 2 heteroatoms. The first-order valence-corrected chi connectivity index (χ1v) is 6.55. The van der Waals surface area contributed by atoms with Crippen LogP contribution in [0.3, 0.4) is 0 Å². The standard InChI is InChI=1S/C16H22N2/c1-11(2)12-5-7-14-13(9-12)6-8-15(18-14)16(3,4)10-17/h5-9,11H,10,17H2,1-4H3. The summed E-state index contributed by atoms with van der Waals surface area (Å²) in [5.74, 6) is 0.551. The van der Waals surface area contributed by atoms with Gasteiger partial charge in [-0.1, -0.05) is 39.8 Å². The lowest BCUT2D eigenvalue weighted by Crippen LogP contribution is -2.29. The predicted octanol–water partition coefficient (Wildman–Crippen LogP) is 3.59. The Labute approximate surface area is 109 Å². The molecule has 0 aliphatic heterocycles. The third kappa shape index (κ3) is 2.39. The van der Waals surface area contributed by atoms with Crippen molar-refractivity contribution >= 4 is 10.9 Å². The minimum Gasteiger partial charge on any atom is -0.330 e. The highest BCUT2D eigenvalue weighted by Gasteiger charge is 2.20. The lowest BCUT2D eigenvalue weighted by molar-refractivity contribution is 0.524. The van der Waals surface area contributed by atoms with Crippen LogP contribution in [-0.2, 0) is 5.41 Å². The van der Waals surface area contributed by atoms with Gasteiger partial charge in [-0.05, 0) is 29.7 Å². The smallest absolute Gasteiger partial charge is 0.0705 e. The number of hydrogen-bond donors (Lipinski definition) is 1. The topological polar surface area (TPSA) is 38.9 Å². The molecule has 96 valence electrons. The number of rotatable bonds is 3. The minimum absolute atomic E-state index is 0.0646. The summed E-state index contributed by atoms with van der Waals surface area (Å²) < 4.78 is 0. The molecule has 2 aromatic rings. The second kappa shape index (κ2) is 4.69. The molecule has 2 nitrogen and oxygen atoms in total. The molecular weight excluding hydrogens is 220 g/mol. The van der Waals surface area contributed by atoms with Crippen LogP contribution in [0.4, 0.5) is 0 Å². The summed E-state index contributed by atoms with van der Waals surface area (Å²) in [6.45, 7) is 9.28. The van der Waals surface area contributed by atoms with Crippen molar-refractivity contribution in [3.05, 3.63) is 41.6 Å². The molecule has 0 fully saturated rings. The number of aromatic nitrogens is 1. The van der Waals surface area contributed by atoms with Crippen LogP contribution in [-0.4, -0.2) is 11.5 Å². The number of pyridine rings is 1. The Balaban J connectivity index is 2.51. The minimum atomic E-state index is -0.0646. The fraction of sp³-hybridized carbons (Fsp3) is 0.438. The van der Waals surface area contributed by atoms with Crippen molar-refractivity contribution in [2.75, 3.05) is 6.54 Å². The van der Waals surface area contributed by atoms with Crippen molar-refractivity contribution in [1.82, 2.24) is 4.98 Å². The van der Waals surface area contributed by atoms with E-state index in [1.807, 2.05) is 0 Å². The molecule has 1 aromatic carbocycles. The SMILES string of the molecule is CC(C)c1ccc2nc(C(C)(C)CN)ccc2c1. The number of nitrogens with two attached hydrogens (primary N) is 1. The van der Waals surface area contributed by atoms with Gasteiger partial charge in [0.25, 0.3) is 0 Å². The first kappa shape index (κ1) is 13.0. The number of fused-ring (bicyclic) bond motifs is 1. The molecule has 1 heterocycles. The number of benzene rings is 1. The van der Waals surface area contributed by atoms with Gasteiger partial charge in [-0.2, -0.15) is 0 Å². The van der Waals surface area contributed by atoms with Crippen LogP contribution in [0.5, 0.6) is 0 Å². The van der Waals surface area contributed by atoms with Crippen LogP contribution in [0.2, 0.25) is 0 Å². The van der Waals surface area contributed by atoms with Gasteiger partial charge in [0.1, 0.15) is 0 Å². The molecule has 0 unspecified atom stereocenters. The Hall–Kier alpha value is -1.41. The fourth-order valence-electron chi connectivity index (χ4n) is 1.98. The van der Waals surface area contributed by atoms with Crippen LogP contribution in [0, 0.1) is 0 Å². The van der Waals surface area contributed by atoms with Gasteiger partial charge in [0.05, 0.1) is 5.52 Å². The second-order valence-corrected chi connectivity index (χ2v) is 5.89. The van der Waals surface area contributed by atoms with E-state index in [1.54, 1.807) is 0 Å². The third-order valence-electron chi connectivity index (χ3n) is 3.58. The highest BCUT2D eigenvalue weighted by Crippen LogP contribution is 2.25. The summed E-state index contributed by atoms with van der Waals surface area (Å²) in [6.07, 6.45) is 0. The molecule has 0 bridgehead atoms. The van der Waals surface area contributed by atoms with Gasteiger partial charge in [0.15, 0.2) is 0 Å². The lowest BCUT2D eigenvalue weighted by Gasteiger charge is -2.22. The van der Waals surface area contributed by atoms with Crippen molar-refractivity contribution in [1.29, 1.82) is 0 Å². The Morgan fingerprint density at radius 1 is 1.17 bits per heavy atom. The summed E-state index contributed by atoms with van der Waals surface area (Å²) in [6, 6.07) is 10.8. The highest BCUT2D eigenvalue weighted by atomic mass is 14.7. The van der Waals surface area contributed by atoms with Crippen molar-refractivity contribution < 1.29 is 0 Å². The van der Waals surface area contributed by atoms with E-state index < -0.39 is 0 Å². The molecule has 0 atom stereocenters. The van der Waals surface area contributed by atoms with E-state index in [4.69, 9.17) is 10.7 Å². The number of nitrogens with zero attached hydrogens (tertiary/aromatic N) is 1. The zero-order valence-corrected chi connectivity index (χ0v) is 11.7. The first-order chi connectivity index (χ1) is 8.44. The van der Waals surface area contributed by atoms with Crippen LogP contribution < -0.4 is 5.73 Å². The van der Waals surface area contributed by atoms with E-state index in [0.717, 1.165) is 11.2 Å². The van der Waals surface area contributed by atoms with Crippen molar-refractivity contribution in [2.24, 2.45) is 5.73 Å². The largest absolute Gasteiger partial charge is 0.330 e.